The smallest absolute Gasteiger partial charge is 0.280 e. The van der Waals surface area contributed by atoms with Crippen molar-refractivity contribution in [3.8, 4) is 0 Å². The molecule has 0 heterocycles. The van der Waals surface area contributed by atoms with Gasteiger partial charge in [-0.25, -0.2) is 8.78 Å². The average Bonchev–Trinajstić information content (AvgIpc) is 2.05. The fraction of sp³-hybridized carbons (Fsp3) is 0.125. The molecule has 0 bridgehead atoms. The summed E-state index contributed by atoms with van der Waals surface area (Å²) in [6.07, 6.45) is -2.68. The van der Waals surface area contributed by atoms with E-state index in [1.54, 1.807) is 18.2 Å². The minimum atomic E-state index is -2.68. The van der Waals surface area contributed by atoms with Crippen LogP contribution < -0.4 is 0 Å². The number of rotatable bonds is 2. The van der Waals surface area contributed by atoms with Crippen molar-refractivity contribution in [1.29, 1.82) is 5.41 Å². The van der Waals surface area contributed by atoms with Crippen molar-refractivity contribution >= 4 is 5.71 Å². The fourth-order valence-corrected chi connectivity index (χ4v) is 0.744. The first-order chi connectivity index (χ1) is 5.22. The standard InChI is InChI=1S/C8H7F2N/c9-8(10)7(11)6-4-2-1-3-5-6/h1-5,8,11H. The van der Waals surface area contributed by atoms with Crippen LogP contribution in [0.4, 0.5) is 8.78 Å². The van der Waals surface area contributed by atoms with E-state index in [4.69, 9.17) is 5.41 Å². The number of hydrogen-bond acceptors (Lipinski definition) is 1. The van der Waals surface area contributed by atoms with E-state index in [2.05, 4.69) is 0 Å². The van der Waals surface area contributed by atoms with Gasteiger partial charge in [-0.1, -0.05) is 30.3 Å². The topological polar surface area (TPSA) is 23.9 Å². The van der Waals surface area contributed by atoms with E-state index in [1.807, 2.05) is 0 Å². The maximum Gasteiger partial charge on any atom is 0.280 e. The van der Waals surface area contributed by atoms with Gasteiger partial charge >= 0.3 is 0 Å². The van der Waals surface area contributed by atoms with E-state index < -0.39 is 12.1 Å². The van der Waals surface area contributed by atoms with Crippen LogP contribution in [0.15, 0.2) is 30.3 Å². The third-order valence-corrected chi connectivity index (χ3v) is 1.30. The summed E-state index contributed by atoms with van der Waals surface area (Å²) >= 11 is 0. The molecular formula is C8H7F2N. The summed E-state index contributed by atoms with van der Waals surface area (Å²) in [6, 6.07) is 7.98. The molecule has 1 N–H and O–H groups in total. The highest BCUT2D eigenvalue weighted by molar-refractivity contribution is 6.00. The van der Waals surface area contributed by atoms with Gasteiger partial charge in [0, 0.05) is 5.56 Å². The third-order valence-electron chi connectivity index (χ3n) is 1.30. The molecule has 1 aromatic carbocycles. The van der Waals surface area contributed by atoms with Crippen LogP contribution in [0.2, 0.25) is 0 Å². The monoisotopic (exact) mass is 155 g/mol. The Morgan fingerprint density at radius 2 is 1.73 bits per heavy atom. The number of benzene rings is 1. The molecule has 0 fully saturated rings. The molecule has 0 radical (unpaired) electrons. The summed E-state index contributed by atoms with van der Waals surface area (Å²) in [7, 11) is 0. The van der Waals surface area contributed by atoms with Crippen LogP contribution in [0.25, 0.3) is 0 Å². The number of hydrogen-bond donors (Lipinski definition) is 1. The van der Waals surface area contributed by atoms with Crippen molar-refractivity contribution in [2.45, 2.75) is 6.43 Å². The van der Waals surface area contributed by atoms with Crippen molar-refractivity contribution in [2.24, 2.45) is 0 Å². The van der Waals surface area contributed by atoms with Crippen molar-refractivity contribution in [3.63, 3.8) is 0 Å². The molecule has 0 aliphatic heterocycles. The van der Waals surface area contributed by atoms with Crippen LogP contribution in [0.1, 0.15) is 5.56 Å². The largest absolute Gasteiger partial charge is 0.299 e. The van der Waals surface area contributed by atoms with Gasteiger partial charge in [0.15, 0.2) is 0 Å². The van der Waals surface area contributed by atoms with E-state index in [0.29, 0.717) is 0 Å². The lowest BCUT2D eigenvalue weighted by molar-refractivity contribution is 0.225. The molecule has 0 aliphatic carbocycles. The number of alkyl halides is 2. The minimum absolute atomic E-state index is 0.280. The molecule has 0 aliphatic rings. The van der Waals surface area contributed by atoms with E-state index in [9.17, 15) is 8.78 Å². The Hall–Kier alpha value is -1.25. The second kappa shape index (κ2) is 3.23. The predicted molar refractivity (Wildman–Crippen MR) is 39.3 cm³/mol. The van der Waals surface area contributed by atoms with Crippen molar-refractivity contribution in [1.82, 2.24) is 0 Å². The van der Waals surface area contributed by atoms with Crippen LogP contribution in [0, 0.1) is 5.41 Å². The molecular weight excluding hydrogens is 148 g/mol. The van der Waals surface area contributed by atoms with E-state index in [0.717, 1.165) is 0 Å². The van der Waals surface area contributed by atoms with Gasteiger partial charge in [0.25, 0.3) is 6.43 Å². The van der Waals surface area contributed by atoms with Crippen LogP contribution in [0.5, 0.6) is 0 Å². The zero-order valence-corrected chi connectivity index (χ0v) is 5.72. The molecule has 11 heavy (non-hydrogen) atoms. The molecule has 58 valence electrons. The van der Waals surface area contributed by atoms with Gasteiger partial charge in [0.2, 0.25) is 0 Å². The quantitative estimate of drug-likeness (QED) is 0.634. The molecule has 1 aromatic rings. The predicted octanol–water partition coefficient (Wildman–Crippen LogP) is 2.32. The van der Waals surface area contributed by atoms with Gasteiger partial charge in [-0.15, -0.1) is 0 Å². The first-order valence-corrected chi connectivity index (χ1v) is 3.14. The van der Waals surface area contributed by atoms with Crippen LogP contribution in [0.3, 0.4) is 0 Å². The summed E-state index contributed by atoms with van der Waals surface area (Å²) in [5.41, 5.74) is -0.340. The lowest BCUT2D eigenvalue weighted by Gasteiger charge is -2.00. The summed E-state index contributed by atoms with van der Waals surface area (Å²) in [6.45, 7) is 0. The normalized spacial score (nSPS) is 10.1. The highest BCUT2D eigenvalue weighted by Crippen LogP contribution is 2.06. The first kappa shape index (κ1) is 7.85. The second-order valence-electron chi connectivity index (χ2n) is 2.08. The number of halogens is 2. The minimum Gasteiger partial charge on any atom is -0.299 e. The SMILES string of the molecule is N=C(c1ccccc1)C(F)F. The highest BCUT2D eigenvalue weighted by atomic mass is 19.3. The Balaban J connectivity index is 2.86. The van der Waals surface area contributed by atoms with Gasteiger partial charge in [-0.05, 0) is 0 Å². The first-order valence-electron chi connectivity index (χ1n) is 3.14. The van der Waals surface area contributed by atoms with E-state index >= 15 is 0 Å². The van der Waals surface area contributed by atoms with Gasteiger partial charge in [0.05, 0.1) is 0 Å². The van der Waals surface area contributed by atoms with Crippen molar-refractivity contribution in [3.05, 3.63) is 35.9 Å². The Kier molecular flexibility index (Phi) is 2.31. The Morgan fingerprint density at radius 3 is 2.18 bits per heavy atom. The number of nitrogens with one attached hydrogen (secondary N) is 1. The van der Waals surface area contributed by atoms with Gasteiger partial charge in [-0.3, -0.25) is 5.41 Å². The highest BCUT2D eigenvalue weighted by Gasteiger charge is 2.11. The fourth-order valence-electron chi connectivity index (χ4n) is 0.744. The zero-order chi connectivity index (χ0) is 8.27. The van der Waals surface area contributed by atoms with Crippen LogP contribution >= 0.6 is 0 Å². The summed E-state index contributed by atoms with van der Waals surface area (Å²) in [5, 5.41) is 6.93. The lowest BCUT2D eigenvalue weighted by Crippen LogP contribution is -2.09. The molecule has 0 unspecified atom stereocenters. The lowest BCUT2D eigenvalue weighted by atomic mass is 10.1. The van der Waals surface area contributed by atoms with Crippen LogP contribution in [-0.2, 0) is 0 Å². The molecule has 0 saturated carbocycles. The molecule has 3 heteroatoms. The van der Waals surface area contributed by atoms with E-state index in [1.165, 1.54) is 12.1 Å². The molecule has 0 amide bonds. The van der Waals surface area contributed by atoms with E-state index in [-0.39, 0.29) is 5.56 Å². The summed E-state index contributed by atoms with van der Waals surface area (Å²) in [5.74, 6) is 0. The van der Waals surface area contributed by atoms with Gasteiger partial charge < -0.3 is 0 Å². The van der Waals surface area contributed by atoms with Gasteiger partial charge in [0.1, 0.15) is 5.71 Å². The second-order valence-corrected chi connectivity index (χ2v) is 2.08. The zero-order valence-electron chi connectivity index (χ0n) is 5.72. The maximum atomic E-state index is 11.9. The molecule has 1 nitrogen and oxygen atoms in total. The van der Waals surface area contributed by atoms with Crippen LogP contribution in [-0.4, -0.2) is 12.1 Å². The summed E-state index contributed by atoms with van der Waals surface area (Å²) in [4.78, 5) is 0. The van der Waals surface area contributed by atoms with Crippen molar-refractivity contribution < 1.29 is 8.78 Å². The van der Waals surface area contributed by atoms with Crippen molar-refractivity contribution in [2.75, 3.05) is 0 Å². The molecule has 0 saturated heterocycles. The Morgan fingerprint density at radius 1 is 1.18 bits per heavy atom. The Bertz CT molecular complexity index is 244. The summed E-state index contributed by atoms with van der Waals surface area (Å²) < 4.78 is 23.8. The molecule has 0 atom stereocenters. The molecule has 0 aromatic heterocycles. The maximum absolute atomic E-state index is 11.9. The molecule has 0 spiro atoms. The Labute approximate surface area is 63.2 Å². The molecule has 1 rings (SSSR count). The average molecular weight is 155 g/mol. The third kappa shape index (κ3) is 1.83. The van der Waals surface area contributed by atoms with Gasteiger partial charge in [-0.2, -0.15) is 0 Å².